The van der Waals surface area contributed by atoms with Gasteiger partial charge in [-0.1, -0.05) is 0 Å². The molecule has 12 heteroatoms. The molecule has 36 heavy (non-hydrogen) atoms. The maximum Gasteiger partial charge on any atom is 0.433 e. The number of fused-ring (bicyclic) bond motifs is 1. The van der Waals surface area contributed by atoms with Crippen molar-refractivity contribution in [2.75, 3.05) is 20.2 Å². The van der Waals surface area contributed by atoms with Crippen molar-refractivity contribution < 1.29 is 31.9 Å². The van der Waals surface area contributed by atoms with Gasteiger partial charge in [0.05, 0.1) is 13.7 Å². The Labute approximate surface area is 203 Å². The first-order valence-corrected chi connectivity index (χ1v) is 11.5. The first kappa shape index (κ1) is 24.0. The number of nitrogens with one attached hydrogen (secondary N) is 1. The SMILES string of the molecule is COc1ccc(-c2nc(C(=O)NC3(C(=O)N4CCCC4)CC3)c(CN)o2)c2ccc(C(F)(F)F)nc12. The molecule has 1 saturated carbocycles. The van der Waals surface area contributed by atoms with Crippen molar-refractivity contribution in [1.29, 1.82) is 0 Å². The molecule has 1 aliphatic heterocycles. The van der Waals surface area contributed by atoms with Crippen LogP contribution in [0, 0.1) is 0 Å². The summed E-state index contributed by atoms with van der Waals surface area (Å²) in [6, 6.07) is 5.11. The number of hydrogen-bond acceptors (Lipinski definition) is 7. The van der Waals surface area contributed by atoms with E-state index in [9.17, 15) is 22.8 Å². The summed E-state index contributed by atoms with van der Waals surface area (Å²) in [5.74, 6) is -0.467. The molecule has 5 rings (SSSR count). The summed E-state index contributed by atoms with van der Waals surface area (Å²) in [5, 5.41) is 3.11. The molecular weight excluding hydrogens is 479 g/mol. The fraction of sp³-hybridized carbons (Fsp3) is 0.417. The molecule has 0 atom stereocenters. The van der Waals surface area contributed by atoms with Crippen molar-refractivity contribution in [3.05, 3.63) is 41.4 Å². The monoisotopic (exact) mass is 503 g/mol. The topological polar surface area (TPSA) is 124 Å². The second-order valence-corrected chi connectivity index (χ2v) is 8.94. The van der Waals surface area contributed by atoms with E-state index >= 15 is 0 Å². The van der Waals surface area contributed by atoms with Crippen molar-refractivity contribution in [2.24, 2.45) is 5.73 Å². The number of rotatable bonds is 6. The summed E-state index contributed by atoms with van der Waals surface area (Å²) >= 11 is 0. The number of oxazole rings is 1. The molecule has 9 nitrogen and oxygen atoms in total. The van der Waals surface area contributed by atoms with Gasteiger partial charge in [-0.15, -0.1) is 0 Å². The summed E-state index contributed by atoms with van der Waals surface area (Å²) in [4.78, 5) is 35.9. The van der Waals surface area contributed by atoms with E-state index in [1.54, 1.807) is 11.0 Å². The largest absolute Gasteiger partial charge is 0.494 e. The number of carbonyl (C=O) groups is 2. The van der Waals surface area contributed by atoms with Gasteiger partial charge in [0.2, 0.25) is 11.8 Å². The highest BCUT2D eigenvalue weighted by Crippen LogP contribution is 2.39. The number of halogens is 3. The summed E-state index contributed by atoms with van der Waals surface area (Å²) in [6.45, 7) is 1.20. The Balaban J connectivity index is 1.49. The van der Waals surface area contributed by atoms with Crippen LogP contribution in [0.1, 0.15) is 47.6 Å². The van der Waals surface area contributed by atoms with E-state index in [0.717, 1.165) is 18.9 Å². The highest BCUT2D eigenvalue weighted by Gasteiger charge is 2.53. The molecule has 3 heterocycles. The lowest BCUT2D eigenvalue weighted by atomic mass is 10.1. The first-order chi connectivity index (χ1) is 17.2. The highest BCUT2D eigenvalue weighted by molar-refractivity contribution is 6.01. The van der Waals surface area contributed by atoms with Crippen LogP contribution in [0.5, 0.6) is 5.75 Å². The van der Waals surface area contributed by atoms with Crippen LogP contribution in [-0.2, 0) is 17.5 Å². The van der Waals surface area contributed by atoms with Crippen molar-refractivity contribution >= 4 is 22.7 Å². The van der Waals surface area contributed by atoms with Gasteiger partial charge in [0.25, 0.3) is 5.91 Å². The van der Waals surface area contributed by atoms with E-state index in [4.69, 9.17) is 14.9 Å². The summed E-state index contributed by atoms with van der Waals surface area (Å²) in [7, 11) is 1.33. The molecule has 0 radical (unpaired) electrons. The number of amides is 2. The van der Waals surface area contributed by atoms with Gasteiger partial charge in [0.1, 0.15) is 22.5 Å². The maximum atomic E-state index is 13.2. The zero-order chi connectivity index (χ0) is 25.7. The lowest BCUT2D eigenvalue weighted by Crippen LogP contribution is -2.50. The van der Waals surface area contributed by atoms with Crippen LogP contribution < -0.4 is 15.8 Å². The Morgan fingerprint density at radius 2 is 1.89 bits per heavy atom. The van der Waals surface area contributed by atoms with Crippen molar-refractivity contribution in [1.82, 2.24) is 20.2 Å². The standard InChI is InChI=1S/C24H24F3N5O4/c1-35-15-6-4-14(13-5-7-17(24(25,26)27)29-18(13)15)21-30-19(16(12-28)36-21)20(33)31-23(8-9-23)22(34)32-10-2-3-11-32/h4-7H,2-3,8-12,28H2,1H3,(H,31,33). The molecule has 0 bridgehead atoms. The van der Waals surface area contributed by atoms with Gasteiger partial charge in [-0.3, -0.25) is 9.59 Å². The normalized spacial score (nSPS) is 16.9. The third-order valence-electron chi connectivity index (χ3n) is 6.56. The molecule has 0 spiro atoms. The Hall–Kier alpha value is -3.67. The molecule has 2 aromatic heterocycles. The number of methoxy groups -OCH3 is 1. The fourth-order valence-corrected chi connectivity index (χ4v) is 4.50. The summed E-state index contributed by atoms with van der Waals surface area (Å²) < 4.78 is 50.7. The lowest BCUT2D eigenvalue weighted by molar-refractivity contribution is -0.141. The Bertz CT molecular complexity index is 1340. The van der Waals surface area contributed by atoms with Gasteiger partial charge in [-0.25, -0.2) is 9.97 Å². The van der Waals surface area contributed by atoms with E-state index in [0.29, 0.717) is 36.9 Å². The van der Waals surface area contributed by atoms with Crippen LogP contribution in [0.4, 0.5) is 13.2 Å². The van der Waals surface area contributed by atoms with Crippen LogP contribution in [0.15, 0.2) is 28.7 Å². The number of nitrogens with two attached hydrogens (primary N) is 1. The number of likely N-dealkylation sites (tertiary alicyclic amines) is 1. The van der Waals surface area contributed by atoms with Gasteiger partial charge in [-0.05, 0) is 49.9 Å². The second-order valence-electron chi connectivity index (χ2n) is 8.94. The molecule has 2 aliphatic rings. The zero-order valence-electron chi connectivity index (χ0n) is 19.4. The van der Waals surface area contributed by atoms with Gasteiger partial charge >= 0.3 is 6.18 Å². The number of nitrogens with zero attached hydrogens (tertiary/aromatic N) is 3. The fourth-order valence-electron chi connectivity index (χ4n) is 4.50. The predicted octanol–water partition coefficient (Wildman–Crippen LogP) is 3.26. The van der Waals surface area contributed by atoms with Crippen molar-refractivity contribution in [3.63, 3.8) is 0 Å². The van der Waals surface area contributed by atoms with Crippen LogP contribution in [-0.4, -0.2) is 52.4 Å². The molecule has 2 amide bonds. The van der Waals surface area contributed by atoms with Gasteiger partial charge in [0.15, 0.2) is 11.5 Å². The minimum atomic E-state index is -4.64. The van der Waals surface area contributed by atoms with Crippen LogP contribution >= 0.6 is 0 Å². The lowest BCUT2D eigenvalue weighted by Gasteiger charge is -2.23. The summed E-state index contributed by atoms with van der Waals surface area (Å²) in [6.07, 6.45) is -1.69. The van der Waals surface area contributed by atoms with Crippen molar-refractivity contribution in [3.8, 4) is 17.2 Å². The first-order valence-electron chi connectivity index (χ1n) is 11.5. The number of benzene rings is 1. The smallest absolute Gasteiger partial charge is 0.433 e. The molecule has 190 valence electrons. The number of pyridine rings is 1. The minimum Gasteiger partial charge on any atom is -0.494 e. The van der Waals surface area contributed by atoms with Crippen LogP contribution in [0.2, 0.25) is 0 Å². The van der Waals surface area contributed by atoms with E-state index in [1.165, 1.54) is 19.2 Å². The van der Waals surface area contributed by atoms with E-state index in [2.05, 4.69) is 15.3 Å². The average Bonchev–Trinajstić information content (AvgIpc) is 3.25. The number of alkyl halides is 3. The minimum absolute atomic E-state index is 0.00877. The van der Waals surface area contributed by atoms with Gasteiger partial charge in [-0.2, -0.15) is 13.2 Å². The zero-order valence-corrected chi connectivity index (χ0v) is 19.4. The number of aromatic nitrogens is 2. The Morgan fingerprint density at radius 3 is 2.50 bits per heavy atom. The molecule has 3 N–H and O–H groups in total. The highest BCUT2D eigenvalue weighted by atomic mass is 19.4. The number of carbonyl (C=O) groups excluding carboxylic acids is 2. The summed E-state index contributed by atoms with van der Waals surface area (Å²) in [5.41, 5.74) is 3.99. The predicted molar refractivity (Wildman–Crippen MR) is 122 cm³/mol. The average molecular weight is 503 g/mol. The van der Waals surface area contributed by atoms with Crippen molar-refractivity contribution in [2.45, 2.75) is 43.9 Å². The second kappa shape index (κ2) is 8.77. The molecule has 1 aromatic carbocycles. The van der Waals surface area contributed by atoms with Crippen LogP contribution in [0.3, 0.4) is 0 Å². The maximum absolute atomic E-state index is 13.2. The van der Waals surface area contributed by atoms with E-state index in [1.807, 2.05) is 0 Å². The molecular formula is C24H24F3N5O4. The third kappa shape index (κ3) is 4.15. The Morgan fingerprint density at radius 1 is 1.17 bits per heavy atom. The Kier molecular flexibility index (Phi) is 5.86. The third-order valence-corrected chi connectivity index (χ3v) is 6.56. The van der Waals surface area contributed by atoms with Gasteiger partial charge in [0, 0.05) is 24.0 Å². The quantitative estimate of drug-likeness (QED) is 0.529. The van der Waals surface area contributed by atoms with Gasteiger partial charge < -0.3 is 25.1 Å². The number of ether oxygens (including phenoxy) is 1. The molecule has 0 unspecified atom stereocenters. The molecule has 1 saturated heterocycles. The number of hydrogen-bond donors (Lipinski definition) is 2. The molecule has 3 aromatic rings. The van der Waals surface area contributed by atoms with E-state index in [-0.39, 0.29) is 41.1 Å². The van der Waals surface area contributed by atoms with Crippen LogP contribution in [0.25, 0.3) is 22.4 Å². The molecule has 1 aliphatic carbocycles. The van der Waals surface area contributed by atoms with E-state index < -0.39 is 23.3 Å². The molecule has 2 fully saturated rings.